The molecule has 0 saturated carbocycles. The van der Waals surface area contributed by atoms with E-state index in [1.807, 2.05) is 29.8 Å². The fourth-order valence-electron chi connectivity index (χ4n) is 1.69. The molecule has 3 aromatic heterocycles. The summed E-state index contributed by atoms with van der Waals surface area (Å²) >= 11 is 6.92. The maximum Gasteiger partial charge on any atom is 0.264 e. The van der Waals surface area contributed by atoms with E-state index >= 15 is 0 Å². The molecule has 0 atom stereocenters. The molecule has 0 aliphatic carbocycles. The van der Waals surface area contributed by atoms with Gasteiger partial charge in [0.25, 0.3) is 5.89 Å². The molecule has 0 fully saturated rings. The first-order chi connectivity index (χ1) is 9.16. The van der Waals surface area contributed by atoms with Crippen LogP contribution in [0.3, 0.4) is 0 Å². The van der Waals surface area contributed by atoms with Crippen molar-refractivity contribution in [2.24, 2.45) is 7.05 Å². The Kier molecular flexibility index (Phi) is 3.24. The van der Waals surface area contributed by atoms with Gasteiger partial charge in [-0.1, -0.05) is 0 Å². The second-order valence-corrected chi connectivity index (χ2v) is 5.48. The second kappa shape index (κ2) is 4.90. The molecule has 0 aliphatic heterocycles. The summed E-state index contributed by atoms with van der Waals surface area (Å²) in [4.78, 5) is 3.96. The molecular formula is C12H8Br2N4O. The van der Waals surface area contributed by atoms with Crippen LogP contribution in [0.2, 0.25) is 0 Å². The maximum absolute atomic E-state index is 5.69. The van der Waals surface area contributed by atoms with E-state index in [-0.39, 0.29) is 0 Å². The van der Waals surface area contributed by atoms with Crippen LogP contribution in [0.1, 0.15) is 0 Å². The van der Waals surface area contributed by atoms with Crippen LogP contribution in [0, 0.1) is 0 Å². The predicted octanol–water partition coefficient (Wildman–Crippen LogP) is 3.66. The topological polar surface area (TPSA) is 56.7 Å². The quantitative estimate of drug-likeness (QED) is 0.677. The van der Waals surface area contributed by atoms with Crippen molar-refractivity contribution in [3.05, 3.63) is 39.7 Å². The molecule has 0 bridgehead atoms. The number of hydrogen-bond donors (Lipinski definition) is 0. The van der Waals surface area contributed by atoms with Crippen molar-refractivity contribution in [1.29, 1.82) is 0 Å². The van der Waals surface area contributed by atoms with E-state index in [4.69, 9.17) is 4.42 Å². The number of halogens is 2. The third-order valence-electron chi connectivity index (χ3n) is 2.69. The van der Waals surface area contributed by atoms with E-state index in [2.05, 4.69) is 47.0 Å². The van der Waals surface area contributed by atoms with Crippen molar-refractivity contribution in [3.8, 4) is 23.0 Å². The monoisotopic (exact) mass is 382 g/mol. The standard InChI is InChI=1S/C12H8Br2N4O/c1-18-9(6-8(13)10(18)14)12-17-16-11(19-12)7-2-4-15-5-3-7/h2-6H,1H3. The zero-order valence-electron chi connectivity index (χ0n) is 9.84. The molecule has 0 unspecified atom stereocenters. The average Bonchev–Trinajstić information content (AvgIpc) is 3.01. The Bertz CT molecular complexity index is 721. The van der Waals surface area contributed by atoms with Crippen LogP contribution in [0.15, 0.2) is 44.1 Å². The van der Waals surface area contributed by atoms with Crippen LogP contribution < -0.4 is 0 Å². The Morgan fingerprint density at radius 3 is 2.42 bits per heavy atom. The lowest BCUT2D eigenvalue weighted by Crippen LogP contribution is -1.91. The Hall–Kier alpha value is -1.47. The minimum absolute atomic E-state index is 0.473. The highest BCUT2D eigenvalue weighted by Crippen LogP contribution is 2.32. The first-order valence-corrected chi connectivity index (χ1v) is 7.00. The normalized spacial score (nSPS) is 10.9. The molecule has 3 aromatic rings. The second-order valence-electron chi connectivity index (χ2n) is 3.88. The summed E-state index contributed by atoms with van der Waals surface area (Å²) < 4.78 is 9.48. The molecule has 19 heavy (non-hydrogen) atoms. The number of hydrogen-bond acceptors (Lipinski definition) is 4. The molecule has 96 valence electrons. The molecule has 3 heterocycles. The Morgan fingerprint density at radius 1 is 1.11 bits per heavy atom. The van der Waals surface area contributed by atoms with E-state index in [1.165, 1.54) is 0 Å². The minimum Gasteiger partial charge on any atom is -0.415 e. The summed E-state index contributed by atoms with van der Waals surface area (Å²) in [5, 5.41) is 8.13. The zero-order valence-corrected chi connectivity index (χ0v) is 13.0. The Balaban J connectivity index is 2.04. The van der Waals surface area contributed by atoms with Gasteiger partial charge in [-0.15, -0.1) is 10.2 Å². The molecule has 0 spiro atoms. The van der Waals surface area contributed by atoms with Gasteiger partial charge in [-0.05, 0) is 50.1 Å². The summed E-state index contributed by atoms with van der Waals surface area (Å²) in [7, 11) is 1.92. The summed E-state index contributed by atoms with van der Waals surface area (Å²) in [6.45, 7) is 0. The molecule has 0 saturated heterocycles. The Labute approximate surface area is 125 Å². The minimum atomic E-state index is 0.473. The average molecular weight is 384 g/mol. The van der Waals surface area contributed by atoms with Gasteiger partial charge in [-0.25, -0.2) is 0 Å². The van der Waals surface area contributed by atoms with Gasteiger partial charge in [-0.2, -0.15) is 0 Å². The van der Waals surface area contributed by atoms with Crippen molar-refractivity contribution in [1.82, 2.24) is 19.7 Å². The smallest absolute Gasteiger partial charge is 0.264 e. The first kappa shape index (κ1) is 12.6. The molecule has 0 aromatic carbocycles. The van der Waals surface area contributed by atoms with Gasteiger partial charge < -0.3 is 8.98 Å². The third-order valence-corrected chi connectivity index (χ3v) is 4.78. The molecule has 7 heteroatoms. The highest BCUT2D eigenvalue weighted by Gasteiger charge is 2.16. The van der Waals surface area contributed by atoms with Gasteiger partial charge >= 0.3 is 0 Å². The van der Waals surface area contributed by atoms with Crippen LogP contribution in [0.5, 0.6) is 0 Å². The predicted molar refractivity (Wildman–Crippen MR) is 77.3 cm³/mol. The highest BCUT2D eigenvalue weighted by molar-refractivity contribution is 9.13. The van der Waals surface area contributed by atoms with Crippen molar-refractivity contribution >= 4 is 31.9 Å². The van der Waals surface area contributed by atoms with Gasteiger partial charge in [0.15, 0.2) is 0 Å². The van der Waals surface area contributed by atoms with E-state index in [9.17, 15) is 0 Å². The van der Waals surface area contributed by atoms with E-state index < -0.39 is 0 Å². The lowest BCUT2D eigenvalue weighted by atomic mass is 10.3. The summed E-state index contributed by atoms with van der Waals surface area (Å²) in [5.74, 6) is 0.951. The van der Waals surface area contributed by atoms with Crippen molar-refractivity contribution in [2.75, 3.05) is 0 Å². The van der Waals surface area contributed by atoms with E-state index in [0.29, 0.717) is 11.8 Å². The summed E-state index contributed by atoms with van der Waals surface area (Å²) in [6.07, 6.45) is 3.38. The molecule has 0 aliphatic rings. The zero-order chi connectivity index (χ0) is 13.4. The van der Waals surface area contributed by atoms with Gasteiger partial charge in [0.1, 0.15) is 5.69 Å². The van der Waals surface area contributed by atoms with Crippen LogP contribution in [0.4, 0.5) is 0 Å². The van der Waals surface area contributed by atoms with Crippen molar-refractivity contribution in [3.63, 3.8) is 0 Å². The Morgan fingerprint density at radius 2 is 1.79 bits per heavy atom. The molecule has 0 radical (unpaired) electrons. The van der Waals surface area contributed by atoms with Crippen molar-refractivity contribution < 1.29 is 4.42 Å². The fraction of sp³-hybridized carbons (Fsp3) is 0.0833. The van der Waals surface area contributed by atoms with Gasteiger partial charge in [0.2, 0.25) is 5.89 Å². The molecule has 0 N–H and O–H groups in total. The third kappa shape index (κ3) is 2.23. The molecular weight excluding hydrogens is 376 g/mol. The molecule has 0 amide bonds. The molecule has 5 nitrogen and oxygen atoms in total. The van der Waals surface area contributed by atoms with Gasteiger partial charge in [-0.3, -0.25) is 4.98 Å². The fourth-order valence-corrected chi connectivity index (χ4v) is 2.47. The van der Waals surface area contributed by atoms with E-state index in [0.717, 1.165) is 20.3 Å². The van der Waals surface area contributed by atoms with Crippen LogP contribution in [0.25, 0.3) is 23.0 Å². The van der Waals surface area contributed by atoms with E-state index in [1.54, 1.807) is 12.4 Å². The lowest BCUT2D eigenvalue weighted by molar-refractivity contribution is 0.578. The lowest BCUT2D eigenvalue weighted by Gasteiger charge is -1.98. The van der Waals surface area contributed by atoms with Gasteiger partial charge in [0, 0.05) is 25.0 Å². The first-order valence-electron chi connectivity index (χ1n) is 5.42. The van der Waals surface area contributed by atoms with Crippen LogP contribution in [-0.2, 0) is 7.05 Å². The number of rotatable bonds is 2. The van der Waals surface area contributed by atoms with Gasteiger partial charge in [0.05, 0.1) is 9.08 Å². The van der Waals surface area contributed by atoms with Crippen molar-refractivity contribution in [2.45, 2.75) is 0 Å². The maximum atomic E-state index is 5.69. The number of nitrogens with zero attached hydrogens (tertiary/aromatic N) is 4. The van der Waals surface area contributed by atoms with Crippen LogP contribution >= 0.6 is 31.9 Å². The van der Waals surface area contributed by atoms with Crippen LogP contribution in [-0.4, -0.2) is 19.7 Å². The summed E-state index contributed by atoms with van der Waals surface area (Å²) in [6, 6.07) is 5.58. The summed E-state index contributed by atoms with van der Waals surface area (Å²) in [5.41, 5.74) is 1.69. The number of aromatic nitrogens is 4. The highest BCUT2D eigenvalue weighted by atomic mass is 79.9. The molecule has 3 rings (SSSR count). The number of pyridine rings is 1. The SMILES string of the molecule is Cn1c(-c2nnc(-c3ccncc3)o2)cc(Br)c1Br. The largest absolute Gasteiger partial charge is 0.415 e.